The lowest BCUT2D eigenvalue weighted by Crippen LogP contribution is -2.34. The van der Waals surface area contributed by atoms with Gasteiger partial charge in [-0.3, -0.25) is 9.59 Å². The Hall–Kier alpha value is -2.47. The smallest absolute Gasteiger partial charge is 0.228 e. The minimum Gasteiger partial charge on any atom is -0.341 e. The summed E-state index contributed by atoms with van der Waals surface area (Å²) in [6.45, 7) is 0.401. The van der Waals surface area contributed by atoms with Crippen molar-refractivity contribution in [3.8, 4) is 0 Å². The van der Waals surface area contributed by atoms with Crippen molar-refractivity contribution < 1.29 is 18.4 Å². The highest BCUT2D eigenvalue weighted by molar-refractivity contribution is 6.31. The number of halogens is 3. The molecule has 136 valence electrons. The highest BCUT2D eigenvalue weighted by atomic mass is 35.5. The zero-order valence-corrected chi connectivity index (χ0v) is 14.8. The molecule has 1 aliphatic heterocycles. The number of amides is 2. The van der Waals surface area contributed by atoms with Crippen molar-refractivity contribution in [3.63, 3.8) is 0 Å². The van der Waals surface area contributed by atoms with Gasteiger partial charge in [0.15, 0.2) is 11.6 Å². The maximum absolute atomic E-state index is 13.3. The normalized spacial score (nSPS) is 16.8. The van der Waals surface area contributed by atoms with Crippen LogP contribution in [0.5, 0.6) is 0 Å². The molecule has 1 unspecified atom stereocenters. The van der Waals surface area contributed by atoms with E-state index in [9.17, 15) is 18.4 Å². The Balaban J connectivity index is 1.68. The van der Waals surface area contributed by atoms with Crippen LogP contribution in [0.25, 0.3) is 0 Å². The Morgan fingerprint density at radius 3 is 2.69 bits per heavy atom. The van der Waals surface area contributed by atoms with Crippen LogP contribution in [0.3, 0.4) is 0 Å². The fourth-order valence-corrected chi connectivity index (χ4v) is 3.25. The molecule has 0 spiro atoms. The summed E-state index contributed by atoms with van der Waals surface area (Å²) in [6, 6.07) is 10.4. The molecule has 0 aromatic heterocycles. The fourth-order valence-electron chi connectivity index (χ4n) is 3.07. The molecule has 0 N–H and O–H groups in total. The second-order valence-electron chi connectivity index (χ2n) is 6.33. The van der Waals surface area contributed by atoms with Gasteiger partial charge in [-0.25, -0.2) is 8.78 Å². The molecule has 1 saturated heterocycles. The Labute approximate surface area is 155 Å². The monoisotopic (exact) mass is 378 g/mol. The number of hydrogen-bond donors (Lipinski definition) is 0. The molecular formula is C19H17ClF2N2O2. The van der Waals surface area contributed by atoms with E-state index in [1.165, 1.54) is 11.0 Å². The van der Waals surface area contributed by atoms with E-state index in [0.717, 1.165) is 12.1 Å². The molecule has 0 aliphatic carbocycles. The standard InChI is InChI=1S/C19H17ClF2N2O2/c1-23(10-12-5-6-16(21)17(22)7-12)19(26)13-8-18(25)24(11-13)15-4-2-3-14(20)9-15/h2-7,9,13H,8,10-11H2,1H3. The predicted octanol–water partition coefficient (Wildman–Crippen LogP) is 3.63. The van der Waals surface area contributed by atoms with Crippen LogP contribution in [-0.4, -0.2) is 30.3 Å². The molecule has 3 rings (SSSR count). The molecule has 2 aromatic rings. The first kappa shape index (κ1) is 18.3. The van der Waals surface area contributed by atoms with Crippen molar-refractivity contribution in [2.45, 2.75) is 13.0 Å². The van der Waals surface area contributed by atoms with E-state index in [-0.39, 0.29) is 31.3 Å². The van der Waals surface area contributed by atoms with Gasteiger partial charge in [0.05, 0.1) is 5.92 Å². The first-order valence-electron chi connectivity index (χ1n) is 8.10. The third-order valence-electron chi connectivity index (χ3n) is 4.37. The summed E-state index contributed by atoms with van der Waals surface area (Å²) in [7, 11) is 1.58. The molecule has 4 nitrogen and oxygen atoms in total. The fraction of sp³-hybridized carbons (Fsp3) is 0.263. The average Bonchev–Trinajstić information content (AvgIpc) is 2.99. The van der Waals surface area contributed by atoms with E-state index in [4.69, 9.17) is 11.6 Å². The summed E-state index contributed by atoms with van der Waals surface area (Å²) in [4.78, 5) is 27.9. The van der Waals surface area contributed by atoms with E-state index in [1.54, 1.807) is 36.2 Å². The Bertz CT molecular complexity index is 859. The molecule has 1 heterocycles. The molecule has 2 amide bonds. The van der Waals surface area contributed by atoms with Gasteiger partial charge in [-0.15, -0.1) is 0 Å². The van der Waals surface area contributed by atoms with Crippen LogP contribution in [0.2, 0.25) is 5.02 Å². The Morgan fingerprint density at radius 1 is 1.23 bits per heavy atom. The number of carbonyl (C=O) groups is 2. The predicted molar refractivity (Wildman–Crippen MR) is 94.7 cm³/mol. The van der Waals surface area contributed by atoms with Crippen LogP contribution >= 0.6 is 11.6 Å². The lowest BCUT2D eigenvalue weighted by molar-refractivity contribution is -0.135. The minimum atomic E-state index is -0.952. The quantitative estimate of drug-likeness (QED) is 0.815. The number of carbonyl (C=O) groups excluding carboxylic acids is 2. The van der Waals surface area contributed by atoms with Crippen molar-refractivity contribution in [3.05, 3.63) is 64.7 Å². The van der Waals surface area contributed by atoms with Crippen LogP contribution in [0.15, 0.2) is 42.5 Å². The molecule has 1 aliphatic rings. The van der Waals surface area contributed by atoms with Gasteiger partial charge in [-0.05, 0) is 35.9 Å². The zero-order chi connectivity index (χ0) is 18.8. The molecule has 7 heteroatoms. The third kappa shape index (κ3) is 3.85. The first-order valence-corrected chi connectivity index (χ1v) is 8.48. The third-order valence-corrected chi connectivity index (χ3v) is 4.61. The summed E-state index contributed by atoms with van der Waals surface area (Å²) >= 11 is 5.96. The van der Waals surface area contributed by atoms with Crippen molar-refractivity contribution in [1.29, 1.82) is 0 Å². The summed E-state index contributed by atoms with van der Waals surface area (Å²) in [6.07, 6.45) is 0.105. The number of benzene rings is 2. The lowest BCUT2D eigenvalue weighted by atomic mass is 10.1. The number of anilines is 1. The molecule has 0 radical (unpaired) electrons. The topological polar surface area (TPSA) is 40.6 Å². The highest BCUT2D eigenvalue weighted by Gasteiger charge is 2.36. The molecule has 2 aromatic carbocycles. The van der Waals surface area contributed by atoms with Crippen LogP contribution in [0, 0.1) is 17.6 Å². The van der Waals surface area contributed by atoms with Crippen molar-refractivity contribution >= 4 is 29.1 Å². The average molecular weight is 379 g/mol. The van der Waals surface area contributed by atoms with Crippen LogP contribution in [0.1, 0.15) is 12.0 Å². The van der Waals surface area contributed by atoms with Gasteiger partial charge in [0, 0.05) is 37.3 Å². The maximum atomic E-state index is 13.3. The van der Waals surface area contributed by atoms with Gasteiger partial charge in [-0.2, -0.15) is 0 Å². The summed E-state index contributed by atoms with van der Waals surface area (Å²) in [5.74, 6) is -2.73. The molecular weight excluding hydrogens is 362 g/mol. The number of hydrogen-bond acceptors (Lipinski definition) is 2. The number of nitrogens with zero attached hydrogens (tertiary/aromatic N) is 2. The molecule has 26 heavy (non-hydrogen) atoms. The maximum Gasteiger partial charge on any atom is 0.228 e. The number of rotatable bonds is 4. The molecule has 0 bridgehead atoms. The van der Waals surface area contributed by atoms with Gasteiger partial charge >= 0.3 is 0 Å². The second-order valence-corrected chi connectivity index (χ2v) is 6.76. The molecule has 1 fully saturated rings. The van der Waals surface area contributed by atoms with Crippen molar-refractivity contribution in [1.82, 2.24) is 4.90 Å². The van der Waals surface area contributed by atoms with Gasteiger partial charge < -0.3 is 9.80 Å². The largest absolute Gasteiger partial charge is 0.341 e. The van der Waals surface area contributed by atoms with Gasteiger partial charge in [0.2, 0.25) is 11.8 Å². The van der Waals surface area contributed by atoms with Crippen molar-refractivity contribution in [2.75, 3.05) is 18.5 Å². The van der Waals surface area contributed by atoms with E-state index < -0.39 is 17.6 Å². The van der Waals surface area contributed by atoms with Gasteiger partial charge in [0.1, 0.15) is 0 Å². The van der Waals surface area contributed by atoms with E-state index >= 15 is 0 Å². The SMILES string of the molecule is CN(Cc1ccc(F)c(F)c1)C(=O)C1CC(=O)N(c2cccc(Cl)c2)C1. The van der Waals surface area contributed by atoms with Crippen LogP contribution < -0.4 is 4.90 Å². The van der Waals surface area contributed by atoms with Gasteiger partial charge in [-0.1, -0.05) is 23.7 Å². The first-order chi connectivity index (χ1) is 12.3. The summed E-state index contributed by atoms with van der Waals surface area (Å²) < 4.78 is 26.3. The van der Waals surface area contributed by atoms with Crippen molar-refractivity contribution in [2.24, 2.45) is 5.92 Å². The van der Waals surface area contributed by atoms with Crippen LogP contribution in [-0.2, 0) is 16.1 Å². The minimum absolute atomic E-state index is 0.105. The second kappa shape index (κ2) is 7.41. The Kier molecular flexibility index (Phi) is 5.23. The zero-order valence-electron chi connectivity index (χ0n) is 14.1. The van der Waals surface area contributed by atoms with E-state index in [2.05, 4.69) is 0 Å². The lowest BCUT2D eigenvalue weighted by Gasteiger charge is -2.22. The summed E-state index contributed by atoms with van der Waals surface area (Å²) in [5.41, 5.74) is 1.14. The van der Waals surface area contributed by atoms with E-state index in [0.29, 0.717) is 16.3 Å². The highest BCUT2D eigenvalue weighted by Crippen LogP contribution is 2.28. The molecule has 1 atom stereocenters. The van der Waals surface area contributed by atoms with E-state index in [1.807, 2.05) is 0 Å². The Morgan fingerprint density at radius 2 is 2.00 bits per heavy atom. The summed E-state index contributed by atoms with van der Waals surface area (Å²) in [5, 5.41) is 0.514. The molecule has 0 saturated carbocycles. The van der Waals surface area contributed by atoms with Crippen LogP contribution in [0.4, 0.5) is 14.5 Å². The van der Waals surface area contributed by atoms with Gasteiger partial charge in [0.25, 0.3) is 0 Å².